The Labute approximate surface area is 140 Å². The molecule has 8 heteroatoms. The Balaban J connectivity index is 2.11. The molecule has 0 fully saturated rings. The number of aliphatic hydroxyl groups excluding tert-OH is 1. The summed E-state index contributed by atoms with van der Waals surface area (Å²) in [6.45, 7) is 5.46. The first-order valence-corrected chi connectivity index (χ1v) is 8.26. The SMILES string of the molecule is CC(O)C(=O)Nc1ncc(C=C(Br)c2ncc(C(C)C)o2)s1. The van der Waals surface area contributed by atoms with Gasteiger partial charge >= 0.3 is 0 Å². The molecule has 2 aromatic heterocycles. The lowest BCUT2D eigenvalue weighted by molar-refractivity contribution is -0.123. The average molecular weight is 386 g/mol. The van der Waals surface area contributed by atoms with Gasteiger partial charge in [-0.1, -0.05) is 25.2 Å². The standard InChI is InChI=1S/C14H16BrN3O3S/c1-7(2)11-6-16-13(21-11)10(15)4-9-5-17-14(22-9)18-12(20)8(3)19/h4-8,19H,1-3H3,(H,17,18,20). The van der Waals surface area contributed by atoms with Crippen molar-refractivity contribution in [3.63, 3.8) is 0 Å². The van der Waals surface area contributed by atoms with Gasteiger partial charge in [-0.15, -0.1) is 0 Å². The third kappa shape index (κ3) is 4.25. The Morgan fingerprint density at radius 1 is 1.41 bits per heavy atom. The van der Waals surface area contributed by atoms with Gasteiger partial charge in [-0.25, -0.2) is 9.97 Å². The number of aromatic nitrogens is 2. The molecule has 0 spiro atoms. The van der Waals surface area contributed by atoms with Crippen LogP contribution in [0.25, 0.3) is 10.6 Å². The van der Waals surface area contributed by atoms with Crippen LogP contribution in [0.4, 0.5) is 5.13 Å². The number of nitrogens with one attached hydrogen (secondary N) is 1. The van der Waals surface area contributed by atoms with E-state index < -0.39 is 12.0 Å². The summed E-state index contributed by atoms with van der Waals surface area (Å²) in [6.07, 6.45) is 4.06. The first-order chi connectivity index (χ1) is 10.4. The molecule has 1 unspecified atom stereocenters. The van der Waals surface area contributed by atoms with Gasteiger partial charge in [0.15, 0.2) is 5.13 Å². The number of aliphatic hydroxyl groups is 1. The van der Waals surface area contributed by atoms with Crippen molar-refractivity contribution in [1.82, 2.24) is 9.97 Å². The highest BCUT2D eigenvalue weighted by Crippen LogP contribution is 2.29. The quantitative estimate of drug-likeness (QED) is 0.822. The maximum Gasteiger partial charge on any atom is 0.254 e. The Hall–Kier alpha value is -1.51. The van der Waals surface area contributed by atoms with E-state index in [-0.39, 0.29) is 5.92 Å². The summed E-state index contributed by atoms with van der Waals surface area (Å²) >= 11 is 4.71. The van der Waals surface area contributed by atoms with Gasteiger partial charge in [-0.3, -0.25) is 10.1 Å². The van der Waals surface area contributed by atoms with Gasteiger partial charge in [0.25, 0.3) is 5.91 Å². The van der Waals surface area contributed by atoms with Crippen LogP contribution in [0.3, 0.4) is 0 Å². The van der Waals surface area contributed by atoms with Crippen LogP contribution in [0.1, 0.15) is 43.2 Å². The molecule has 1 amide bonds. The summed E-state index contributed by atoms with van der Waals surface area (Å²) < 4.78 is 6.33. The van der Waals surface area contributed by atoms with Crippen LogP contribution >= 0.6 is 27.3 Å². The zero-order chi connectivity index (χ0) is 16.3. The summed E-state index contributed by atoms with van der Waals surface area (Å²) in [7, 11) is 0. The summed E-state index contributed by atoms with van der Waals surface area (Å²) in [5.41, 5.74) is 0. The molecule has 2 heterocycles. The molecular formula is C14H16BrN3O3S. The lowest BCUT2D eigenvalue weighted by atomic mass is 10.2. The van der Waals surface area contributed by atoms with Crippen molar-refractivity contribution in [2.24, 2.45) is 0 Å². The van der Waals surface area contributed by atoms with Crippen molar-refractivity contribution in [3.05, 3.63) is 28.9 Å². The molecule has 0 radical (unpaired) electrons. The van der Waals surface area contributed by atoms with Gasteiger partial charge in [0.05, 0.1) is 15.6 Å². The molecule has 2 N–H and O–H groups in total. The molecule has 0 saturated carbocycles. The van der Waals surface area contributed by atoms with E-state index in [2.05, 4.69) is 31.2 Å². The van der Waals surface area contributed by atoms with Crippen LogP contribution in [0.2, 0.25) is 0 Å². The molecule has 118 valence electrons. The van der Waals surface area contributed by atoms with E-state index in [1.54, 1.807) is 12.4 Å². The van der Waals surface area contributed by atoms with E-state index in [0.717, 1.165) is 10.6 Å². The molecular weight excluding hydrogens is 370 g/mol. The number of anilines is 1. The predicted octanol–water partition coefficient (Wildman–Crippen LogP) is 3.47. The molecule has 0 bridgehead atoms. The van der Waals surface area contributed by atoms with E-state index in [1.807, 2.05) is 19.9 Å². The topological polar surface area (TPSA) is 88.2 Å². The maximum absolute atomic E-state index is 11.4. The van der Waals surface area contributed by atoms with Gasteiger partial charge in [-0.2, -0.15) is 0 Å². The normalized spacial score (nSPS) is 13.5. The highest BCUT2D eigenvalue weighted by Gasteiger charge is 2.13. The summed E-state index contributed by atoms with van der Waals surface area (Å²) in [6, 6.07) is 0. The number of amides is 1. The smallest absolute Gasteiger partial charge is 0.254 e. The van der Waals surface area contributed by atoms with Crippen LogP contribution in [-0.2, 0) is 4.79 Å². The van der Waals surface area contributed by atoms with Gasteiger partial charge < -0.3 is 9.52 Å². The fraction of sp³-hybridized carbons (Fsp3) is 0.357. The number of rotatable bonds is 5. The number of carbonyl (C=O) groups is 1. The molecule has 2 aromatic rings. The van der Waals surface area contributed by atoms with Gasteiger partial charge in [0.1, 0.15) is 11.9 Å². The van der Waals surface area contributed by atoms with Crippen molar-refractivity contribution >= 4 is 48.9 Å². The molecule has 0 aliphatic heterocycles. The van der Waals surface area contributed by atoms with Crippen LogP contribution < -0.4 is 5.32 Å². The van der Waals surface area contributed by atoms with E-state index in [0.29, 0.717) is 15.5 Å². The first kappa shape index (κ1) is 16.9. The predicted molar refractivity (Wildman–Crippen MR) is 89.8 cm³/mol. The molecule has 0 aliphatic rings. The van der Waals surface area contributed by atoms with Crippen molar-refractivity contribution < 1.29 is 14.3 Å². The monoisotopic (exact) mass is 385 g/mol. The first-order valence-electron chi connectivity index (χ1n) is 6.65. The second-order valence-corrected chi connectivity index (χ2v) is 6.86. The zero-order valence-electron chi connectivity index (χ0n) is 12.3. The molecule has 6 nitrogen and oxygen atoms in total. The van der Waals surface area contributed by atoms with Crippen molar-refractivity contribution in [1.29, 1.82) is 0 Å². The number of hydrogen-bond donors (Lipinski definition) is 2. The number of halogens is 1. The minimum atomic E-state index is -1.07. The fourth-order valence-corrected chi connectivity index (χ4v) is 2.82. The molecule has 0 saturated heterocycles. The Morgan fingerprint density at radius 2 is 2.14 bits per heavy atom. The molecule has 2 rings (SSSR count). The number of hydrogen-bond acceptors (Lipinski definition) is 6. The number of nitrogens with zero attached hydrogens (tertiary/aromatic N) is 2. The average Bonchev–Trinajstić information content (AvgIpc) is 3.07. The highest BCUT2D eigenvalue weighted by molar-refractivity contribution is 9.15. The van der Waals surface area contributed by atoms with Crippen LogP contribution in [0.15, 0.2) is 16.8 Å². The van der Waals surface area contributed by atoms with Crippen molar-refractivity contribution in [2.75, 3.05) is 5.32 Å². The second-order valence-electron chi connectivity index (χ2n) is 4.95. The number of carbonyl (C=O) groups excluding carboxylic acids is 1. The Bertz CT molecular complexity index is 691. The minimum absolute atomic E-state index is 0.271. The molecule has 0 aliphatic carbocycles. The van der Waals surface area contributed by atoms with E-state index in [9.17, 15) is 4.79 Å². The Morgan fingerprint density at radius 3 is 2.73 bits per heavy atom. The Kier molecular flexibility index (Phi) is 5.49. The van der Waals surface area contributed by atoms with E-state index in [1.165, 1.54) is 18.3 Å². The highest BCUT2D eigenvalue weighted by atomic mass is 79.9. The van der Waals surface area contributed by atoms with Crippen LogP contribution in [0, 0.1) is 0 Å². The maximum atomic E-state index is 11.4. The van der Waals surface area contributed by atoms with Crippen molar-refractivity contribution in [3.8, 4) is 0 Å². The van der Waals surface area contributed by atoms with E-state index >= 15 is 0 Å². The zero-order valence-corrected chi connectivity index (χ0v) is 14.7. The van der Waals surface area contributed by atoms with Crippen LogP contribution in [-0.4, -0.2) is 27.1 Å². The van der Waals surface area contributed by atoms with E-state index in [4.69, 9.17) is 9.52 Å². The molecule has 1 atom stereocenters. The summed E-state index contributed by atoms with van der Waals surface area (Å²) in [4.78, 5) is 20.5. The third-order valence-electron chi connectivity index (χ3n) is 2.70. The molecule has 0 aromatic carbocycles. The van der Waals surface area contributed by atoms with Gasteiger partial charge in [0, 0.05) is 12.1 Å². The molecule has 22 heavy (non-hydrogen) atoms. The largest absolute Gasteiger partial charge is 0.440 e. The van der Waals surface area contributed by atoms with Gasteiger partial charge in [-0.05, 0) is 28.9 Å². The third-order valence-corrected chi connectivity index (χ3v) is 4.13. The fourth-order valence-electron chi connectivity index (χ4n) is 1.47. The second kappa shape index (κ2) is 7.17. The lowest BCUT2D eigenvalue weighted by Crippen LogP contribution is -2.24. The summed E-state index contributed by atoms with van der Waals surface area (Å²) in [5.74, 6) is 1.09. The van der Waals surface area contributed by atoms with Crippen LogP contribution in [0.5, 0.6) is 0 Å². The number of thiazole rings is 1. The van der Waals surface area contributed by atoms with Crippen molar-refractivity contribution in [2.45, 2.75) is 32.8 Å². The summed E-state index contributed by atoms with van der Waals surface area (Å²) in [5, 5.41) is 12.1. The minimum Gasteiger partial charge on any atom is -0.440 e. The van der Waals surface area contributed by atoms with Gasteiger partial charge in [0.2, 0.25) is 5.89 Å². The lowest BCUT2D eigenvalue weighted by Gasteiger charge is -2.02. The number of oxazole rings is 1.